The highest BCUT2D eigenvalue weighted by molar-refractivity contribution is 5.91. The van der Waals surface area contributed by atoms with E-state index in [0.29, 0.717) is 0 Å². The molecule has 4 aliphatic carbocycles. The number of esters is 2. The lowest BCUT2D eigenvalue weighted by molar-refractivity contribution is -0.664. The van der Waals surface area contributed by atoms with Gasteiger partial charge in [-0.15, -0.1) is 0 Å². The summed E-state index contributed by atoms with van der Waals surface area (Å²) in [6.45, 7) is 0. The van der Waals surface area contributed by atoms with Crippen molar-refractivity contribution < 1.29 is 142 Å². The summed E-state index contributed by atoms with van der Waals surface area (Å²) in [6, 6.07) is 0. The zero-order valence-electron chi connectivity index (χ0n) is 22.2. The highest BCUT2D eigenvalue weighted by Crippen LogP contribution is 2.95. The lowest BCUT2D eigenvalue weighted by atomic mass is 9.32. The molecular formula is C20F28O4. The molecule has 4 bridgehead atoms. The van der Waals surface area contributed by atoms with E-state index in [1.807, 2.05) is 0 Å². The SMILES string of the molecule is O=C(OC(F)(F)C12C(F)(F)C3(F)C(F)(F)C(F)(C1(F)F)C(F)(F)C(C(F)(F)OC(=O)C(=C(F)F)C(F)(F)F)(C3(F)F)C2(F)F)C(=C(F)F)C(F)(F)F. The Kier molecular flexibility index (Phi) is 8.37. The predicted molar refractivity (Wildman–Crippen MR) is 94.9 cm³/mol. The van der Waals surface area contributed by atoms with Crippen LogP contribution in [0.1, 0.15) is 0 Å². The van der Waals surface area contributed by atoms with Crippen molar-refractivity contribution >= 4 is 11.9 Å². The molecule has 4 nitrogen and oxygen atoms in total. The molecule has 32 heteroatoms. The Morgan fingerprint density at radius 1 is 0.365 bits per heavy atom. The second kappa shape index (κ2) is 10.2. The van der Waals surface area contributed by atoms with Gasteiger partial charge in [-0.05, 0) is 0 Å². The lowest BCUT2D eigenvalue weighted by Gasteiger charge is -2.77. The highest BCUT2D eigenvalue weighted by Gasteiger charge is 3.27. The summed E-state index contributed by atoms with van der Waals surface area (Å²) in [5, 5.41) is 0. The number of alkyl halides is 24. The predicted octanol–water partition coefficient (Wildman–Crippen LogP) is 8.93. The smallest absolute Gasteiger partial charge is 0.396 e. The molecule has 0 aliphatic heterocycles. The third kappa shape index (κ3) is 3.73. The van der Waals surface area contributed by atoms with Crippen molar-refractivity contribution in [3.05, 3.63) is 23.3 Å². The Morgan fingerprint density at radius 3 is 0.750 bits per heavy atom. The van der Waals surface area contributed by atoms with E-state index in [1.54, 1.807) is 9.47 Å². The first-order valence-corrected chi connectivity index (χ1v) is 11.5. The zero-order chi connectivity index (χ0) is 41.9. The fraction of sp³-hybridized carbons (Fsp3) is 0.700. The Hall–Kier alpha value is -3.54. The summed E-state index contributed by atoms with van der Waals surface area (Å²) in [7, 11) is 0. The van der Waals surface area contributed by atoms with E-state index in [4.69, 9.17) is 0 Å². The van der Waals surface area contributed by atoms with Crippen molar-refractivity contribution in [1.29, 1.82) is 0 Å². The number of carbonyl (C=O) groups is 2. The van der Waals surface area contributed by atoms with Gasteiger partial charge in [-0.1, -0.05) is 0 Å². The highest BCUT2D eigenvalue weighted by atomic mass is 19.4. The standard InChI is InChI=1S/C20F28O4/c21-3(22)1(7(25,26)27)5(49)51-19(45,46)9-13(33,34)10(20(47,48)52-6(50)2(4(23)24)8(28,29)30)16(39,40)11(31,14(9,35)36)18(43,44)12(32,15(9,37)38)17(10,41)42. The molecule has 0 heterocycles. The molecule has 0 saturated heterocycles. The quantitative estimate of drug-likeness (QED) is 0.153. The number of ether oxygens (including phenoxy) is 2. The number of halogens is 28. The molecular weight excluding hydrogens is 836 g/mol. The summed E-state index contributed by atoms with van der Waals surface area (Å²) in [4.78, 5) is 22.9. The van der Waals surface area contributed by atoms with Gasteiger partial charge >= 0.3 is 83.4 Å². The average molecular weight is 836 g/mol. The van der Waals surface area contributed by atoms with Crippen LogP contribution in [-0.4, -0.2) is 83.4 Å². The summed E-state index contributed by atoms with van der Waals surface area (Å²) >= 11 is 0. The van der Waals surface area contributed by atoms with E-state index in [1.165, 1.54) is 0 Å². The fourth-order valence-electron chi connectivity index (χ4n) is 6.10. The van der Waals surface area contributed by atoms with Crippen molar-refractivity contribution in [3.8, 4) is 0 Å². The largest absolute Gasteiger partial charge is 0.428 e. The molecule has 4 fully saturated rings. The molecule has 0 N–H and O–H groups in total. The molecule has 0 aromatic carbocycles. The Morgan fingerprint density at radius 2 is 0.577 bits per heavy atom. The fourth-order valence-corrected chi connectivity index (χ4v) is 6.10. The van der Waals surface area contributed by atoms with Gasteiger partial charge in [-0.3, -0.25) is 0 Å². The van der Waals surface area contributed by atoms with Crippen LogP contribution in [0.2, 0.25) is 0 Å². The van der Waals surface area contributed by atoms with Crippen LogP contribution in [0, 0.1) is 10.8 Å². The van der Waals surface area contributed by atoms with Crippen LogP contribution in [-0.2, 0) is 19.1 Å². The van der Waals surface area contributed by atoms with Crippen LogP contribution in [0.4, 0.5) is 123 Å². The Labute approximate surface area is 260 Å². The second-order valence-corrected chi connectivity index (χ2v) is 10.3. The summed E-state index contributed by atoms with van der Waals surface area (Å²) in [5.41, 5.74) is -47.5. The molecule has 0 spiro atoms. The van der Waals surface area contributed by atoms with Gasteiger partial charge in [-0.2, -0.15) is 70.2 Å². The van der Waals surface area contributed by atoms with Gasteiger partial charge in [0.05, 0.1) is 0 Å². The Balaban J connectivity index is 2.74. The summed E-state index contributed by atoms with van der Waals surface area (Å²) in [5.74, 6) is -67.1. The third-order valence-corrected chi connectivity index (χ3v) is 8.09. The first kappa shape index (κ1) is 42.9. The van der Waals surface area contributed by atoms with Gasteiger partial charge in [0, 0.05) is 0 Å². The third-order valence-electron chi connectivity index (χ3n) is 8.09. The van der Waals surface area contributed by atoms with E-state index in [9.17, 15) is 62.3 Å². The molecule has 0 atom stereocenters. The van der Waals surface area contributed by atoms with E-state index in [-0.39, 0.29) is 0 Å². The van der Waals surface area contributed by atoms with Gasteiger partial charge in [0.1, 0.15) is 0 Å². The van der Waals surface area contributed by atoms with Crippen LogP contribution >= 0.6 is 0 Å². The molecule has 4 aliphatic rings. The normalized spacial score (nSPS) is 33.6. The maximum Gasteiger partial charge on any atom is 0.428 e. The summed E-state index contributed by atoms with van der Waals surface area (Å²) in [6.07, 6.45) is -42.6. The molecule has 0 unspecified atom stereocenters. The monoisotopic (exact) mass is 836 g/mol. The van der Waals surface area contributed by atoms with Crippen molar-refractivity contribution in [3.63, 3.8) is 0 Å². The number of hydrogen-bond donors (Lipinski definition) is 0. The molecule has 4 saturated carbocycles. The Bertz CT molecular complexity index is 1490. The van der Waals surface area contributed by atoms with Crippen LogP contribution in [0.15, 0.2) is 23.3 Å². The van der Waals surface area contributed by atoms with E-state index < -0.39 is 118 Å². The molecule has 4 rings (SSSR count). The minimum Gasteiger partial charge on any atom is -0.396 e. The van der Waals surface area contributed by atoms with E-state index >= 15 is 70.2 Å². The maximum atomic E-state index is 15.9. The average Bonchev–Trinajstić information content (AvgIpc) is 2.80. The van der Waals surface area contributed by atoms with Crippen molar-refractivity contribution in [2.24, 2.45) is 10.8 Å². The molecule has 300 valence electrons. The first-order chi connectivity index (χ1) is 22.4. The van der Waals surface area contributed by atoms with Crippen LogP contribution in [0.25, 0.3) is 0 Å². The van der Waals surface area contributed by atoms with Crippen molar-refractivity contribution in [1.82, 2.24) is 0 Å². The molecule has 0 radical (unpaired) electrons. The van der Waals surface area contributed by atoms with E-state index in [0.717, 1.165) is 0 Å². The molecule has 52 heavy (non-hydrogen) atoms. The number of rotatable bonds is 6. The zero-order valence-corrected chi connectivity index (χ0v) is 22.2. The van der Waals surface area contributed by atoms with Crippen LogP contribution < -0.4 is 0 Å². The van der Waals surface area contributed by atoms with E-state index in [2.05, 4.69) is 0 Å². The number of hydrogen-bond acceptors (Lipinski definition) is 4. The molecule has 0 aromatic heterocycles. The summed E-state index contributed by atoms with van der Waals surface area (Å²) < 4.78 is 407. The molecule has 0 amide bonds. The maximum absolute atomic E-state index is 15.9. The van der Waals surface area contributed by atoms with Gasteiger partial charge in [-0.25, -0.2) is 62.3 Å². The van der Waals surface area contributed by atoms with Crippen LogP contribution in [0.5, 0.6) is 0 Å². The van der Waals surface area contributed by atoms with Gasteiger partial charge in [0.2, 0.25) is 11.1 Å². The lowest BCUT2D eigenvalue weighted by Crippen LogP contribution is -3.09. The topological polar surface area (TPSA) is 52.6 Å². The van der Waals surface area contributed by atoms with Crippen LogP contribution in [0.3, 0.4) is 0 Å². The minimum absolute atomic E-state index is 1.68. The van der Waals surface area contributed by atoms with Gasteiger partial charge in [0.15, 0.2) is 0 Å². The van der Waals surface area contributed by atoms with Crippen molar-refractivity contribution in [2.75, 3.05) is 0 Å². The van der Waals surface area contributed by atoms with Gasteiger partial charge < -0.3 is 9.47 Å². The first-order valence-electron chi connectivity index (χ1n) is 11.5. The number of carbonyl (C=O) groups excluding carboxylic acids is 2. The van der Waals surface area contributed by atoms with Crippen molar-refractivity contribution in [2.45, 2.75) is 71.4 Å². The molecule has 0 aromatic rings. The minimum atomic E-state index is -9.83. The second-order valence-electron chi connectivity index (χ2n) is 10.3. The van der Waals surface area contributed by atoms with Gasteiger partial charge in [0.25, 0.3) is 23.0 Å².